The summed E-state index contributed by atoms with van der Waals surface area (Å²) in [5, 5.41) is 10.4. The summed E-state index contributed by atoms with van der Waals surface area (Å²) in [5.74, 6) is -0.373. The zero-order chi connectivity index (χ0) is 18.2. The first-order valence-corrected chi connectivity index (χ1v) is 9.32. The summed E-state index contributed by atoms with van der Waals surface area (Å²) < 4.78 is 26.8. The zero-order valence-electron chi connectivity index (χ0n) is 13.2. The summed E-state index contributed by atoms with van der Waals surface area (Å²) in [6.45, 7) is 2.97. The van der Waals surface area contributed by atoms with Crippen LogP contribution in [0.1, 0.15) is 12.5 Å². The Morgan fingerprint density at radius 3 is 2.72 bits per heavy atom. The molecule has 0 unspecified atom stereocenters. The number of rotatable bonds is 4. The normalized spacial score (nSPS) is 11.4. The lowest BCUT2D eigenvalue weighted by atomic mass is 10.1. The molecule has 1 aromatic carbocycles. The quantitative estimate of drug-likeness (QED) is 0.587. The van der Waals surface area contributed by atoms with Gasteiger partial charge in [0, 0.05) is 12.5 Å². The molecule has 3 N–H and O–H groups in total. The third-order valence-corrected chi connectivity index (χ3v) is 5.79. The molecule has 0 fully saturated rings. The summed E-state index contributed by atoms with van der Waals surface area (Å²) in [6.07, 6.45) is 0. The van der Waals surface area contributed by atoms with Crippen molar-refractivity contribution in [3.8, 4) is 0 Å². The first kappa shape index (κ1) is 17.0. The second kappa shape index (κ2) is 6.26. The van der Waals surface area contributed by atoms with Crippen LogP contribution < -0.4 is 15.6 Å². The molecule has 9 nitrogen and oxygen atoms in total. The number of nitrogens with zero attached hydrogens (tertiary/aromatic N) is 2. The number of nitrogens with one attached hydrogen (secondary N) is 3. The fourth-order valence-electron chi connectivity index (χ4n) is 2.09. The first-order chi connectivity index (χ1) is 11.7. The van der Waals surface area contributed by atoms with Gasteiger partial charge in [0.2, 0.25) is 11.0 Å². The van der Waals surface area contributed by atoms with Gasteiger partial charge in [-0.2, -0.15) is 8.42 Å². The lowest BCUT2D eigenvalue weighted by Crippen LogP contribution is -2.13. The van der Waals surface area contributed by atoms with E-state index in [9.17, 15) is 18.0 Å². The average molecular weight is 379 g/mol. The van der Waals surface area contributed by atoms with E-state index in [0.29, 0.717) is 11.1 Å². The number of carbonyl (C=O) groups excluding carboxylic acids is 1. The van der Waals surface area contributed by atoms with Gasteiger partial charge in [-0.05, 0) is 30.5 Å². The molecule has 1 amide bonds. The molecule has 0 bridgehead atoms. The predicted molar refractivity (Wildman–Crippen MR) is 94.3 cm³/mol. The van der Waals surface area contributed by atoms with Gasteiger partial charge >= 0.3 is 0 Å². The van der Waals surface area contributed by atoms with Crippen molar-refractivity contribution in [1.82, 2.24) is 15.2 Å². The Morgan fingerprint density at radius 1 is 1.24 bits per heavy atom. The Morgan fingerprint density at radius 2 is 2.00 bits per heavy atom. The van der Waals surface area contributed by atoms with E-state index in [-0.39, 0.29) is 26.6 Å². The molecule has 3 aromatic rings. The summed E-state index contributed by atoms with van der Waals surface area (Å²) >= 11 is 0.733. The van der Waals surface area contributed by atoms with Crippen LogP contribution in [0, 0.1) is 6.92 Å². The fourth-order valence-corrected chi connectivity index (χ4v) is 4.09. The number of amides is 1. The third-order valence-electron chi connectivity index (χ3n) is 3.20. The van der Waals surface area contributed by atoms with Crippen LogP contribution in [-0.4, -0.2) is 29.5 Å². The number of fused-ring (bicyclic) bond motifs is 1. The van der Waals surface area contributed by atoms with E-state index in [1.165, 1.54) is 13.0 Å². The van der Waals surface area contributed by atoms with Gasteiger partial charge in [0.15, 0.2) is 0 Å². The molecule has 0 saturated heterocycles. The number of aromatic amines is 1. The third kappa shape index (κ3) is 3.67. The van der Waals surface area contributed by atoms with E-state index < -0.39 is 10.0 Å². The minimum absolute atomic E-state index is 0.0891. The van der Waals surface area contributed by atoms with Gasteiger partial charge in [-0.3, -0.25) is 14.3 Å². The van der Waals surface area contributed by atoms with E-state index in [1.54, 1.807) is 25.1 Å². The van der Waals surface area contributed by atoms with Crippen molar-refractivity contribution >= 4 is 49.0 Å². The van der Waals surface area contributed by atoms with E-state index >= 15 is 0 Å². The Kier molecular flexibility index (Phi) is 4.27. The highest BCUT2D eigenvalue weighted by molar-refractivity contribution is 7.94. The van der Waals surface area contributed by atoms with Gasteiger partial charge in [0.05, 0.1) is 11.2 Å². The molecule has 0 spiro atoms. The first-order valence-electron chi connectivity index (χ1n) is 7.02. The molecule has 0 atom stereocenters. The number of aromatic nitrogens is 3. The van der Waals surface area contributed by atoms with Crippen LogP contribution in [-0.2, 0) is 14.8 Å². The molecule has 0 aliphatic rings. The highest BCUT2D eigenvalue weighted by Gasteiger charge is 2.21. The molecule has 3 rings (SSSR count). The number of pyridine rings is 1. The summed E-state index contributed by atoms with van der Waals surface area (Å²) in [6, 6.07) is 6.51. The van der Waals surface area contributed by atoms with Crippen molar-refractivity contribution in [3.63, 3.8) is 0 Å². The highest BCUT2D eigenvalue weighted by Crippen LogP contribution is 2.24. The van der Waals surface area contributed by atoms with Crippen molar-refractivity contribution in [3.05, 3.63) is 40.2 Å². The SMILES string of the molecule is CC(=O)Nc1nnc(S(=O)(=O)Nc2ccc3cc(C)c(=O)[nH]c3c2)s1. The summed E-state index contributed by atoms with van der Waals surface area (Å²) in [7, 11) is -3.96. The molecule has 2 aromatic heterocycles. The molecule has 2 heterocycles. The van der Waals surface area contributed by atoms with Crippen molar-refractivity contribution < 1.29 is 13.2 Å². The molecule has 0 aliphatic heterocycles. The summed E-state index contributed by atoms with van der Waals surface area (Å²) in [5.41, 5.74) is 1.10. The van der Waals surface area contributed by atoms with Crippen LogP contribution in [0.5, 0.6) is 0 Å². The molecule has 130 valence electrons. The van der Waals surface area contributed by atoms with Gasteiger partial charge in [0.25, 0.3) is 19.9 Å². The van der Waals surface area contributed by atoms with Gasteiger partial charge in [-0.15, -0.1) is 10.2 Å². The Bertz CT molecular complexity index is 1130. The maximum Gasteiger partial charge on any atom is 0.291 e. The van der Waals surface area contributed by atoms with Crippen molar-refractivity contribution in [2.45, 2.75) is 18.2 Å². The number of benzene rings is 1. The number of anilines is 2. The van der Waals surface area contributed by atoms with Gasteiger partial charge in [-0.1, -0.05) is 17.4 Å². The Hall–Kier alpha value is -2.79. The minimum Gasteiger partial charge on any atom is -0.322 e. The lowest BCUT2D eigenvalue weighted by molar-refractivity contribution is -0.114. The highest BCUT2D eigenvalue weighted by atomic mass is 32.2. The summed E-state index contributed by atoms with van der Waals surface area (Å²) in [4.78, 5) is 25.4. The number of hydrogen-bond acceptors (Lipinski definition) is 7. The topological polar surface area (TPSA) is 134 Å². The van der Waals surface area contributed by atoms with Gasteiger partial charge in [-0.25, -0.2) is 0 Å². The van der Waals surface area contributed by atoms with E-state index in [2.05, 4.69) is 25.2 Å². The average Bonchev–Trinajstić information content (AvgIpc) is 2.97. The Balaban J connectivity index is 1.91. The lowest BCUT2D eigenvalue weighted by Gasteiger charge is -2.07. The van der Waals surface area contributed by atoms with Crippen LogP contribution in [0.2, 0.25) is 0 Å². The number of sulfonamides is 1. The maximum atomic E-state index is 12.4. The minimum atomic E-state index is -3.96. The standard InChI is InChI=1S/C14H13N5O4S2/c1-7-5-9-3-4-10(6-11(9)16-12(7)21)19-25(22,23)14-18-17-13(24-14)15-8(2)20/h3-6,19H,1-2H3,(H,16,21)(H,15,17,20). The molecule has 0 saturated carbocycles. The monoisotopic (exact) mass is 379 g/mol. The zero-order valence-corrected chi connectivity index (χ0v) is 14.8. The number of aryl methyl sites for hydroxylation is 1. The van der Waals surface area contributed by atoms with Crippen molar-refractivity contribution in [1.29, 1.82) is 0 Å². The molecule has 0 aliphatic carbocycles. The van der Waals surface area contributed by atoms with Crippen LogP contribution in [0.15, 0.2) is 33.4 Å². The van der Waals surface area contributed by atoms with Crippen LogP contribution in [0.25, 0.3) is 10.9 Å². The van der Waals surface area contributed by atoms with E-state index in [4.69, 9.17) is 0 Å². The number of hydrogen-bond donors (Lipinski definition) is 3. The molecule has 0 radical (unpaired) electrons. The van der Waals surface area contributed by atoms with Crippen molar-refractivity contribution in [2.24, 2.45) is 0 Å². The molecular weight excluding hydrogens is 366 g/mol. The largest absolute Gasteiger partial charge is 0.322 e. The van der Waals surface area contributed by atoms with Crippen LogP contribution in [0.4, 0.5) is 10.8 Å². The molecule has 25 heavy (non-hydrogen) atoms. The number of carbonyl (C=O) groups is 1. The van der Waals surface area contributed by atoms with E-state index in [0.717, 1.165) is 16.7 Å². The smallest absolute Gasteiger partial charge is 0.291 e. The van der Waals surface area contributed by atoms with Gasteiger partial charge in [0.1, 0.15) is 0 Å². The van der Waals surface area contributed by atoms with E-state index in [1.807, 2.05) is 0 Å². The number of H-pyrrole nitrogens is 1. The Labute approximate surface area is 146 Å². The van der Waals surface area contributed by atoms with Gasteiger partial charge < -0.3 is 10.3 Å². The van der Waals surface area contributed by atoms with Crippen molar-refractivity contribution in [2.75, 3.05) is 10.0 Å². The predicted octanol–water partition coefficient (Wildman–Crippen LogP) is 1.45. The molecular formula is C14H13N5O4S2. The fraction of sp³-hybridized carbons (Fsp3) is 0.143. The van der Waals surface area contributed by atoms with Crippen LogP contribution >= 0.6 is 11.3 Å². The van der Waals surface area contributed by atoms with Crippen LogP contribution in [0.3, 0.4) is 0 Å². The molecule has 11 heteroatoms. The maximum absolute atomic E-state index is 12.4. The second-order valence-corrected chi connectivity index (χ2v) is 8.08. The second-order valence-electron chi connectivity index (χ2n) is 5.24.